The fourth-order valence-corrected chi connectivity index (χ4v) is 2.72. The van der Waals surface area contributed by atoms with Crippen molar-refractivity contribution in [3.05, 3.63) is 24.3 Å². The lowest BCUT2D eigenvalue weighted by Gasteiger charge is -2.20. The van der Waals surface area contributed by atoms with Crippen LogP contribution < -0.4 is 0 Å². The average Bonchev–Trinajstić information content (AvgIpc) is 2.55. The van der Waals surface area contributed by atoms with Gasteiger partial charge >= 0.3 is 23.9 Å². The Kier molecular flexibility index (Phi) is 7.16. The Labute approximate surface area is 138 Å². The molecule has 0 aromatic heterocycles. The Morgan fingerprint density at radius 3 is 0.792 bits per heavy atom. The zero-order valence-electron chi connectivity index (χ0n) is 12.9. The van der Waals surface area contributed by atoms with Crippen LogP contribution in [0.3, 0.4) is 0 Å². The second kappa shape index (κ2) is 8.85. The number of rotatable bonds is 4. The molecule has 0 bridgehead atoms. The van der Waals surface area contributed by atoms with Gasteiger partial charge in [0.2, 0.25) is 0 Å². The minimum atomic E-state index is -1.02. The van der Waals surface area contributed by atoms with Gasteiger partial charge in [-0.05, 0) is 25.7 Å². The summed E-state index contributed by atoms with van der Waals surface area (Å²) >= 11 is 0. The molecule has 0 saturated carbocycles. The summed E-state index contributed by atoms with van der Waals surface area (Å²) in [6.45, 7) is 0. The van der Waals surface area contributed by atoms with E-state index in [1.54, 1.807) is 24.3 Å². The van der Waals surface area contributed by atoms with Gasteiger partial charge in [0.1, 0.15) is 0 Å². The topological polar surface area (TPSA) is 149 Å². The Bertz CT molecular complexity index is 464. The molecule has 0 saturated heterocycles. The fraction of sp³-hybridized carbons (Fsp3) is 0.500. The molecule has 2 rings (SSSR count). The van der Waals surface area contributed by atoms with Gasteiger partial charge < -0.3 is 20.4 Å². The highest BCUT2D eigenvalue weighted by Crippen LogP contribution is 2.26. The third-order valence-electron chi connectivity index (χ3n) is 4.13. The number of carbonyl (C=O) groups is 4. The van der Waals surface area contributed by atoms with E-state index in [9.17, 15) is 19.2 Å². The van der Waals surface area contributed by atoms with Gasteiger partial charge in [0, 0.05) is 0 Å². The van der Waals surface area contributed by atoms with Crippen LogP contribution in [0.5, 0.6) is 0 Å². The van der Waals surface area contributed by atoms with Crippen molar-refractivity contribution < 1.29 is 39.6 Å². The van der Waals surface area contributed by atoms with E-state index in [1.807, 2.05) is 0 Å². The second-order valence-electron chi connectivity index (χ2n) is 5.66. The smallest absolute Gasteiger partial charge is 0.307 e. The van der Waals surface area contributed by atoms with Gasteiger partial charge in [-0.2, -0.15) is 0 Å². The van der Waals surface area contributed by atoms with Crippen molar-refractivity contribution in [1.82, 2.24) is 0 Å². The third kappa shape index (κ3) is 5.22. The van der Waals surface area contributed by atoms with Crippen molar-refractivity contribution in [2.45, 2.75) is 25.7 Å². The van der Waals surface area contributed by atoms with Crippen LogP contribution in [0.4, 0.5) is 0 Å². The zero-order chi connectivity index (χ0) is 18.3. The predicted octanol–water partition coefficient (Wildman–Crippen LogP) is 1.48. The van der Waals surface area contributed by atoms with Gasteiger partial charge in [-0.25, -0.2) is 0 Å². The summed E-state index contributed by atoms with van der Waals surface area (Å²) in [6, 6.07) is 0. The Balaban J connectivity index is 0.000000240. The average molecular weight is 340 g/mol. The van der Waals surface area contributed by atoms with Gasteiger partial charge in [0.25, 0.3) is 0 Å². The highest BCUT2D eigenvalue weighted by molar-refractivity contribution is 5.81. The summed E-state index contributed by atoms with van der Waals surface area (Å²) in [6.07, 6.45) is 8.18. The van der Waals surface area contributed by atoms with Crippen molar-refractivity contribution >= 4 is 23.9 Å². The van der Waals surface area contributed by atoms with Crippen LogP contribution in [-0.4, -0.2) is 44.3 Å². The summed E-state index contributed by atoms with van der Waals surface area (Å²) in [5.41, 5.74) is 0. The molecule has 0 spiro atoms. The fourth-order valence-electron chi connectivity index (χ4n) is 2.72. The molecule has 132 valence electrons. The number of hydrogen-bond donors (Lipinski definition) is 4. The van der Waals surface area contributed by atoms with E-state index in [4.69, 9.17) is 20.4 Å². The molecule has 24 heavy (non-hydrogen) atoms. The maximum absolute atomic E-state index is 10.6. The van der Waals surface area contributed by atoms with Gasteiger partial charge in [-0.3, -0.25) is 19.2 Å². The molecule has 0 amide bonds. The first kappa shape index (κ1) is 19.4. The lowest BCUT2D eigenvalue weighted by molar-refractivity contribution is -0.153. The van der Waals surface area contributed by atoms with Crippen LogP contribution in [0.1, 0.15) is 25.7 Å². The normalized spacial score (nSPS) is 28.3. The third-order valence-corrected chi connectivity index (χ3v) is 4.13. The largest absolute Gasteiger partial charge is 0.481 e. The van der Waals surface area contributed by atoms with Crippen molar-refractivity contribution in [2.75, 3.05) is 0 Å². The molecular formula is C16H20O8. The minimum absolute atomic E-state index is 0.326. The molecule has 4 N–H and O–H groups in total. The number of hydrogen-bond acceptors (Lipinski definition) is 4. The van der Waals surface area contributed by atoms with E-state index in [1.165, 1.54) is 0 Å². The summed E-state index contributed by atoms with van der Waals surface area (Å²) in [5, 5.41) is 34.6. The molecule has 4 atom stereocenters. The molecule has 2 aliphatic carbocycles. The highest BCUT2D eigenvalue weighted by atomic mass is 16.4. The summed E-state index contributed by atoms with van der Waals surface area (Å²) < 4.78 is 0. The monoisotopic (exact) mass is 340 g/mol. The van der Waals surface area contributed by atoms with E-state index in [0.717, 1.165) is 0 Å². The van der Waals surface area contributed by atoms with E-state index in [0.29, 0.717) is 25.7 Å². The summed E-state index contributed by atoms with van der Waals surface area (Å²) in [5.74, 6) is -7.11. The van der Waals surface area contributed by atoms with Crippen molar-refractivity contribution in [3.63, 3.8) is 0 Å². The van der Waals surface area contributed by atoms with Gasteiger partial charge in [-0.1, -0.05) is 24.3 Å². The van der Waals surface area contributed by atoms with Crippen molar-refractivity contribution in [2.24, 2.45) is 23.7 Å². The molecule has 0 aliphatic heterocycles. The van der Waals surface area contributed by atoms with Crippen LogP contribution in [0, 0.1) is 23.7 Å². The molecule has 8 nitrogen and oxygen atoms in total. The molecular weight excluding hydrogens is 320 g/mol. The minimum Gasteiger partial charge on any atom is -0.481 e. The first-order valence-electron chi connectivity index (χ1n) is 7.46. The van der Waals surface area contributed by atoms with Crippen LogP contribution in [-0.2, 0) is 19.2 Å². The van der Waals surface area contributed by atoms with Gasteiger partial charge in [0.15, 0.2) is 0 Å². The maximum atomic E-state index is 10.6. The Morgan fingerprint density at radius 2 is 0.667 bits per heavy atom. The van der Waals surface area contributed by atoms with Gasteiger partial charge in [0.05, 0.1) is 23.7 Å². The zero-order valence-corrected chi connectivity index (χ0v) is 12.9. The maximum Gasteiger partial charge on any atom is 0.307 e. The summed E-state index contributed by atoms with van der Waals surface area (Å²) in [4.78, 5) is 42.3. The first-order valence-corrected chi connectivity index (χ1v) is 7.46. The number of allylic oxidation sites excluding steroid dienone is 4. The van der Waals surface area contributed by atoms with E-state index >= 15 is 0 Å². The number of carboxylic acid groups (broad SMARTS) is 4. The molecule has 8 heteroatoms. The SMILES string of the molecule is O=C(O)C1CC=CCC1C(=O)O.O=C(O)C1CC=CCC1C(=O)O. The quantitative estimate of drug-likeness (QED) is 0.562. The first-order chi connectivity index (χ1) is 11.3. The van der Waals surface area contributed by atoms with Crippen LogP contribution >= 0.6 is 0 Å². The van der Waals surface area contributed by atoms with E-state index in [2.05, 4.69) is 0 Å². The van der Waals surface area contributed by atoms with Crippen LogP contribution in [0.2, 0.25) is 0 Å². The summed E-state index contributed by atoms with van der Waals surface area (Å²) in [7, 11) is 0. The Hall–Kier alpha value is -2.64. The molecule has 2 aliphatic rings. The second-order valence-corrected chi connectivity index (χ2v) is 5.66. The molecule has 0 radical (unpaired) electrons. The van der Waals surface area contributed by atoms with Crippen LogP contribution in [0.25, 0.3) is 0 Å². The predicted molar refractivity (Wildman–Crippen MR) is 81.3 cm³/mol. The highest BCUT2D eigenvalue weighted by Gasteiger charge is 2.34. The number of carboxylic acids is 4. The molecule has 0 heterocycles. The number of aliphatic carboxylic acids is 4. The van der Waals surface area contributed by atoms with Crippen molar-refractivity contribution in [3.8, 4) is 0 Å². The standard InChI is InChI=1S/2C8H10O4/c2*9-7(10)5-3-1-2-4-6(5)8(11)12/h2*1-2,5-6H,3-4H2,(H,9,10)(H,11,12). The molecule has 0 aromatic carbocycles. The Morgan fingerprint density at radius 1 is 0.500 bits per heavy atom. The molecule has 0 aromatic rings. The molecule has 0 fully saturated rings. The lowest BCUT2D eigenvalue weighted by atomic mass is 9.83. The van der Waals surface area contributed by atoms with E-state index < -0.39 is 47.5 Å². The van der Waals surface area contributed by atoms with Crippen molar-refractivity contribution in [1.29, 1.82) is 0 Å². The van der Waals surface area contributed by atoms with E-state index in [-0.39, 0.29) is 0 Å². The van der Waals surface area contributed by atoms with Gasteiger partial charge in [-0.15, -0.1) is 0 Å². The van der Waals surface area contributed by atoms with Crippen LogP contribution in [0.15, 0.2) is 24.3 Å². The molecule has 4 unspecified atom stereocenters. The lowest BCUT2D eigenvalue weighted by Crippen LogP contribution is -2.30.